The Bertz CT molecular complexity index is 1380. The number of halogens is 2. The molecule has 1 aliphatic rings. The average Bonchev–Trinajstić information content (AvgIpc) is 3.24. The Morgan fingerprint density at radius 2 is 1.83 bits per heavy atom. The van der Waals surface area contributed by atoms with Crippen molar-refractivity contribution in [1.82, 2.24) is 19.9 Å². The number of urea groups is 1. The monoisotopic (exact) mass is 478 g/mol. The van der Waals surface area contributed by atoms with Gasteiger partial charge in [-0.3, -0.25) is 0 Å². The van der Waals surface area contributed by atoms with Crippen LogP contribution in [0.5, 0.6) is 11.5 Å². The summed E-state index contributed by atoms with van der Waals surface area (Å²) in [5, 5.41) is 3.05. The standard InChI is InChI=1S/C25H24F2N6O2/c1-15-23(14-28-16(2)30-15)35-19-5-3-18(4-6-19)32-7-9-33(10-8-32)25(34)31-22-13-29-24-20(22)11-17(26)12-21(24)27/h3-6,11-14,29H,7-10H2,1-2H3,(H,31,34). The van der Waals surface area contributed by atoms with E-state index in [2.05, 4.69) is 25.2 Å². The van der Waals surface area contributed by atoms with E-state index < -0.39 is 11.6 Å². The van der Waals surface area contributed by atoms with Crippen LogP contribution in [0.3, 0.4) is 0 Å². The van der Waals surface area contributed by atoms with E-state index in [1.165, 1.54) is 12.3 Å². The molecule has 0 aliphatic carbocycles. The third-order valence-corrected chi connectivity index (χ3v) is 6.00. The molecular formula is C25H24F2N6O2. The fourth-order valence-electron chi connectivity index (χ4n) is 4.14. The number of fused-ring (bicyclic) bond motifs is 1. The smallest absolute Gasteiger partial charge is 0.322 e. The molecule has 0 saturated carbocycles. The van der Waals surface area contributed by atoms with Crippen LogP contribution in [-0.4, -0.2) is 52.1 Å². The van der Waals surface area contributed by atoms with E-state index in [-0.39, 0.29) is 11.5 Å². The molecule has 0 unspecified atom stereocenters. The van der Waals surface area contributed by atoms with Gasteiger partial charge in [-0.2, -0.15) is 0 Å². The second kappa shape index (κ2) is 9.21. The summed E-state index contributed by atoms with van der Waals surface area (Å²) in [6, 6.07) is 9.43. The molecule has 4 aromatic rings. The van der Waals surface area contributed by atoms with Crippen LogP contribution >= 0.6 is 0 Å². The van der Waals surface area contributed by atoms with Gasteiger partial charge in [0.1, 0.15) is 23.2 Å². The number of ether oxygens (including phenoxy) is 1. The molecule has 1 aliphatic heterocycles. The number of hydrogen-bond acceptors (Lipinski definition) is 5. The molecule has 1 fully saturated rings. The van der Waals surface area contributed by atoms with Crippen LogP contribution in [0.1, 0.15) is 11.5 Å². The molecule has 2 N–H and O–H groups in total. The van der Waals surface area contributed by atoms with Crippen LogP contribution in [0.2, 0.25) is 0 Å². The summed E-state index contributed by atoms with van der Waals surface area (Å²) in [5.74, 6) is 0.602. The second-order valence-corrected chi connectivity index (χ2v) is 8.38. The maximum Gasteiger partial charge on any atom is 0.322 e. The number of hydrogen-bond donors (Lipinski definition) is 2. The van der Waals surface area contributed by atoms with Crippen molar-refractivity contribution in [2.75, 3.05) is 36.4 Å². The number of carbonyl (C=O) groups excluding carboxylic acids is 1. The summed E-state index contributed by atoms with van der Waals surface area (Å²) in [4.78, 5) is 27.9. The Morgan fingerprint density at radius 1 is 1.09 bits per heavy atom. The molecule has 5 rings (SSSR count). The SMILES string of the molecule is Cc1ncc(Oc2ccc(N3CCN(C(=O)Nc4c[nH]c5c(F)cc(F)cc45)CC3)cc2)c(C)n1. The first kappa shape index (κ1) is 22.6. The molecule has 8 nitrogen and oxygen atoms in total. The van der Waals surface area contributed by atoms with Crippen LogP contribution in [0.4, 0.5) is 25.0 Å². The number of aromatic nitrogens is 3. The maximum atomic E-state index is 13.9. The summed E-state index contributed by atoms with van der Waals surface area (Å²) >= 11 is 0. The number of anilines is 2. The Balaban J connectivity index is 1.18. The van der Waals surface area contributed by atoms with Gasteiger partial charge in [0.2, 0.25) is 0 Å². The Labute approximate surface area is 200 Å². The number of H-pyrrole nitrogens is 1. The third kappa shape index (κ3) is 4.72. The number of aromatic amines is 1. The van der Waals surface area contributed by atoms with Crippen LogP contribution < -0.4 is 15.0 Å². The number of nitrogens with zero attached hydrogens (tertiary/aromatic N) is 4. The van der Waals surface area contributed by atoms with Crippen molar-refractivity contribution in [2.24, 2.45) is 0 Å². The molecular weight excluding hydrogens is 454 g/mol. The molecule has 1 saturated heterocycles. The van der Waals surface area contributed by atoms with E-state index in [0.29, 0.717) is 54.6 Å². The van der Waals surface area contributed by atoms with Gasteiger partial charge in [-0.15, -0.1) is 0 Å². The summed E-state index contributed by atoms with van der Waals surface area (Å²) < 4.78 is 33.4. The van der Waals surface area contributed by atoms with Crippen LogP contribution in [0.25, 0.3) is 10.9 Å². The highest BCUT2D eigenvalue weighted by Gasteiger charge is 2.22. The number of piperazine rings is 1. The molecule has 2 aromatic heterocycles. The van der Waals surface area contributed by atoms with Gasteiger partial charge >= 0.3 is 6.03 Å². The van der Waals surface area contributed by atoms with E-state index in [0.717, 1.165) is 17.4 Å². The Hall–Kier alpha value is -4.21. The molecule has 0 atom stereocenters. The number of benzene rings is 2. The normalized spacial score (nSPS) is 13.8. The summed E-state index contributed by atoms with van der Waals surface area (Å²) in [6.07, 6.45) is 3.13. The van der Waals surface area contributed by atoms with Crippen molar-refractivity contribution >= 4 is 28.3 Å². The molecule has 10 heteroatoms. The number of carbonyl (C=O) groups is 1. The lowest BCUT2D eigenvalue weighted by molar-refractivity contribution is 0.208. The van der Waals surface area contributed by atoms with Crippen molar-refractivity contribution in [3.8, 4) is 11.5 Å². The van der Waals surface area contributed by atoms with E-state index in [4.69, 9.17) is 4.74 Å². The predicted molar refractivity (Wildman–Crippen MR) is 129 cm³/mol. The van der Waals surface area contributed by atoms with Gasteiger partial charge in [-0.05, 0) is 44.2 Å². The largest absolute Gasteiger partial charge is 0.454 e. The van der Waals surface area contributed by atoms with Crippen LogP contribution in [-0.2, 0) is 0 Å². The fraction of sp³-hybridized carbons (Fsp3) is 0.240. The summed E-state index contributed by atoms with van der Waals surface area (Å²) in [6.45, 7) is 6.03. The number of aryl methyl sites for hydroxylation is 2. The van der Waals surface area contributed by atoms with E-state index >= 15 is 0 Å². The number of rotatable bonds is 4. The molecule has 180 valence electrons. The van der Waals surface area contributed by atoms with E-state index in [9.17, 15) is 13.6 Å². The van der Waals surface area contributed by atoms with Crippen molar-refractivity contribution < 1.29 is 18.3 Å². The zero-order chi connectivity index (χ0) is 24.5. The van der Waals surface area contributed by atoms with Gasteiger partial charge in [0, 0.05) is 49.5 Å². The zero-order valence-corrected chi connectivity index (χ0v) is 19.3. The molecule has 0 radical (unpaired) electrons. The minimum Gasteiger partial charge on any atom is -0.454 e. The minimum absolute atomic E-state index is 0.156. The highest BCUT2D eigenvalue weighted by Crippen LogP contribution is 2.28. The van der Waals surface area contributed by atoms with Gasteiger partial charge < -0.3 is 24.8 Å². The van der Waals surface area contributed by atoms with Crippen LogP contribution in [0.15, 0.2) is 48.8 Å². The molecule has 0 bridgehead atoms. The average molecular weight is 479 g/mol. The summed E-state index contributed by atoms with van der Waals surface area (Å²) in [5.41, 5.74) is 2.30. The predicted octanol–water partition coefficient (Wildman–Crippen LogP) is 5.00. The first-order valence-corrected chi connectivity index (χ1v) is 11.2. The number of nitrogens with one attached hydrogen (secondary N) is 2. The molecule has 0 spiro atoms. The lowest BCUT2D eigenvalue weighted by Gasteiger charge is -2.36. The quantitative estimate of drug-likeness (QED) is 0.431. The first-order chi connectivity index (χ1) is 16.9. The molecule has 35 heavy (non-hydrogen) atoms. The fourth-order valence-corrected chi connectivity index (χ4v) is 4.14. The lowest BCUT2D eigenvalue weighted by Crippen LogP contribution is -2.50. The van der Waals surface area contributed by atoms with E-state index in [1.807, 2.05) is 38.1 Å². The van der Waals surface area contributed by atoms with Crippen molar-refractivity contribution in [2.45, 2.75) is 13.8 Å². The van der Waals surface area contributed by atoms with Gasteiger partial charge in [0.05, 0.1) is 23.1 Å². The maximum absolute atomic E-state index is 13.9. The second-order valence-electron chi connectivity index (χ2n) is 8.38. The van der Waals surface area contributed by atoms with Gasteiger partial charge in [0.15, 0.2) is 5.75 Å². The summed E-state index contributed by atoms with van der Waals surface area (Å²) in [7, 11) is 0. The first-order valence-electron chi connectivity index (χ1n) is 11.2. The number of amides is 2. The van der Waals surface area contributed by atoms with Gasteiger partial charge in [-0.25, -0.2) is 23.5 Å². The van der Waals surface area contributed by atoms with E-state index in [1.54, 1.807) is 11.1 Å². The highest BCUT2D eigenvalue weighted by atomic mass is 19.1. The molecule has 2 aromatic carbocycles. The van der Waals surface area contributed by atoms with Crippen LogP contribution in [0, 0.1) is 25.5 Å². The van der Waals surface area contributed by atoms with Gasteiger partial charge in [-0.1, -0.05) is 0 Å². The highest BCUT2D eigenvalue weighted by molar-refractivity contribution is 6.01. The Morgan fingerprint density at radius 3 is 2.54 bits per heavy atom. The zero-order valence-electron chi connectivity index (χ0n) is 19.3. The van der Waals surface area contributed by atoms with Crippen molar-refractivity contribution in [3.05, 3.63) is 71.9 Å². The Kier molecular flexibility index (Phi) is 5.94. The lowest BCUT2D eigenvalue weighted by atomic mass is 10.2. The third-order valence-electron chi connectivity index (χ3n) is 6.00. The minimum atomic E-state index is -0.701. The van der Waals surface area contributed by atoms with Gasteiger partial charge in [0.25, 0.3) is 0 Å². The topological polar surface area (TPSA) is 86.4 Å². The molecule has 2 amide bonds. The van der Waals surface area contributed by atoms with Crippen molar-refractivity contribution in [1.29, 1.82) is 0 Å². The molecule has 3 heterocycles. The van der Waals surface area contributed by atoms with Crippen molar-refractivity contribution in [3.63, 3.8) is 0 Å².